The van der Waals surface area contributed by atoms with Crippen molar-refractivity contribution in [2.45, 2.75) is 6.42 Å². The van der Waals surface area contributed by atoms with E-state index in [1.165, 1.54) is 0 Å². The number of benzene rings is 1. The third kappa shape index (κ3) is 3.38. The number of rotatable bonds is 5. The zero-order valence-electron chi connectivity index (χ0n) is 8.94. The summed E-state index contributed by atoms with van der Waals surface area (Å²) in [4.78, 5) is 11.0. The number of halogens is 1. The van der Waals surface area contributed by atoms with E-state index in [1.807, 2.05) is 6.08 Å². The molecule has 0 atom stereocenters. The lowest BCUT2D eigenvalue weighted by Crippen LogP contribution is -1.99. The molecule has 0 radical (unpaired) electrons. The maximum absolute atomic E-state index is 11.0. The lowest BCUT2D eigenvalue weighted by atomic mass is 10.1. The zero-order valence-corrected chi connectivity index (χ0v) is 10.5. The topological polar surface area (TPSA) is 46.5 Å². The molecule has 1 aromatic rings. The van der Waals surface area contributed by atoms with Crippen LogP contribution in [0, 0.1) is 0 Å². The van der Waals surface area contributed by atoms with Crippen LogP contribution in [0.15, 0.2) is 24.3 Å². The van der Waals surface area contributed by atoms with Gasteiger partial charge in [0, 0.05) is 5.33 Å². The summed E-state index contributed by atoms with van der Waals surface area (Å²) in [6.45, 7) is 0. The molecular weight excluding hydrogens is 272 g/mol. The van der Waals surface area contributed by atoms with E-state index in [2.05, 4.69) is 15.9 Å². The average Bonchev–Trinajstić information content (AvgIpc) is 2.29. The first-order valence-corrected chi connectivity index (χ1v) is 5.95. The van der Waals surface area contributed by atoms with Crippen LogP contribution in [0.1, 0.15) is 22.3 Å². The highest BCUT2D eigenvalue weighted by atomic mass is 79.9. The quantitative estimate of drug-likeness (QED) is 0.845. The SMILES string of the molecule is COc1ccc(C(=O)O)c(C=CCCBr)c1. The molecule has 0 unspecified atom stereocenters. The molecule has 0 saturated heterocycles. The highest BCUT2D eigenvalue weighted by Crippen LogP contribution is 2.19. The first-order chi connectivity index (χ1) is 7.69. The molecule has 16 heavy (non-hydrogen) atoms. The predicted molar refractivity (Wildman–Crippen MR) is 67.4 cm³/mol. The first kappa shape index (κ1) is 12.8. The summed E-state index contributed by atoms with van der Waals surface area (Å²) in [6.07, 6.45) is 4.58. The number of ether oxygens (including phenoxy) is 1. The van der Waals surface area contributed by atoms with E-state index in [0.717, 1.165) is 11.8 Å². The van der Waals surface area contributed by atoms with Crippen molar-refractivity contribution in [1.29, 1.82) is 0 Å². The lowest BCUT2D eigenvalue weighted by Gasteiger charge is -2.04. The minimum atomic E-state index is -0.929. The number of aromatic carboxylic acids is 1. The second-order valence-corrected chi connectivity index (χ2v) is 3.93. The molecule has 0 fully saturated rings. The van der Waals surface area contributed by atoms with Gasteiger partial charge in [-0.05, 0) is 30.2 Å². The highest BCUT2D eigenvalue weighted by Gasteiger charge is 2.08. The van der Waals surface area contributed by atoms with E-state index in [1.54, 1.807) is 31.4 Å². The van der Waals surface area contributed by atoms with Crippen molar-refractivity contribution in [2.75, 3.05) is 12.4 Å². The fraction of sp³-hybridized carbons (Fsp3) is 0.250. The molecule has 0 aliphatic rings. The van der Waals surface area contributed by atoms with Crippen LogP contribution in [-0.4, -0.2) is 23.5 Å². The van der Waals surface area contributed by atoms with Gasteiger partial charge in [0.15, 0.2) is 0 Å². The van der Waals surface area contributed by atoms with E-state index in [-0.39, 0.29) is 5.56 Å². The van der Waals surface area contributed by atoms with Crippen molar-refractivity contribution in [3.63, 3.8) is 0 Å². The van der Waals surface area contributed by atoms with Gasteiger partial charge in [-0.3, -0.25) is 0 Å². The Balaban J connectivity index is 3.05. The molecule has 0 bridgehead atoms. The number of methoxy groups -OCH3 is 1. The second kappa shape index (κ2) is 6.33. The molecule has 0 amide bonds. The van der Waals surface area contributed by atoms with E-state index in [4.69, 9.17) is 9.84 Å². The molecule has 4 heteroatoms. The van der Waals surface area contributed by atoms with Gasteiger partial charge in [0.2, 0.25) is 0 Å². The minimum Gasteiger partial charge on any atom is -0.497 e. The van der Waals surface area contributed by atoms with Gasteiger partial charge in [-0.2, -0.15) is 0 Å². The summed E-state index contributed by atoms with van der Waals surface area (Å²) >= 11 is 3.31. The molecule has 3 nitrogen and oxygen atoms in total. The van der Waals surface area contributed by atoms with Gasteiger partial charge < -0.3 is 9.84 Å². The Kier molecular flexibility index (Phi) is 5.05. The van der Waals surface area contributed by atoms with Crippen LogP contribution in [-0.2, 0) is 0 Å². The summed E-state index contributed by atoms with van der Waals surface area (Å²) < 4.78 is 5.06. The molecule has 1 rings (SSSR count). The van der Waals surface area contributed by atoms with Gasteiger partial charge >= 0.3 is 5.97 Å². The average molecular weight is 285 g/mol. The molecule has 0 heterocycles. The molecule has 0 aliphatic heterocycles. The molecular formula is C12H13BrO3. The molecule has 1 aromatic carbocycles. The number of carboxylic acid groups (broad SMARTS) is 1. The van der Waals surface area contributed by atoms with E-state index in [0.29, 0.717) is 11.3 Å². The molecule has 86 valence electrons. The van der Waals surface area contributed by atoms with E-state index in [9.17, 15) is 4.79 Å². The predicted octanol–water partition coefficient (Wildman–Crippen LogP) is 3.19. The largest absolute Gasteiger partial charge is 0.497 e. The molecule has 0 aliphatic carbocycles. The zero-order chi connectivity index (χ0) is 12.0. The minimum absolute atomic E-state index is 0.284. The van der Waals surface area contributed by atoms with Crippen LogP contribution in [0.5, 0.6) is 5.75 Å². The fourth-order valence-corrected chi connectivity index (χ4v) is 1.54. The number of hydrogen-bond acceptors (Lipinski definition) is 2. The standard InChI is InChI=1S/C12H13BrO3/c1-16-10-5-6-11(12(14)15)9(8-10)4-2-3-7-13/h2,4-6,8H,3,7H2,1H3,(H,14,15). The maximum atomic E-state index is 11.0. The van der Waals surface area contributed by atoms with E-state index < -0.39 is 5.97 Å². The number of alkyl halides is 1. The summed E-state index contributed by atoms with van der Waals surface area (Å²) in [5.41, 5.74) is 0.944. The smallest absolute Gasteiger partial charge is 0.336 e. The highest BCUT2D eigenvalue weighted by molar-refractivity contribution is 9.09. The van der Waals surface area contributed by atoms with Crippen LogP contribution in [0.3, 0.4) is 0 Å². The van der Waals surface area contributed by atoms with Gasteiger partial charge in [0.05, 0.1) is 12.7 Å². The van der Waals surface area contributed by atoms with Gasteiger partial charge in [0.25, 0.3) is 0 Å². The Morgan fingerprint density at radius 3 is 2.88 bits per heavy atom. The molecule has 0 saturated carbocycles. The summed E-state index contributed by atoms with van der Waals surface area (Å²) in [5, 5.41) is 9.86. The van der Waals surface area contributed by atoms with Gasteiger partial charge in [0.1, 0.15) is 5.75 Å². The Hall–Kier alpha value is -1.29. The Labute approximate surface area is 103 Å². The third-order valence-corrected chi connectivity index (χ3v) is 2.52. The van der Waals surface area contributed by atoms with Crippen LogP contribution in [0.4, 0.5) is 0 Å². The maximum Gasteiger partial charge on any atom is 0.336 e. The number of hydrogen-bond donors (Lipinski definition) is 1. The third-order valence-electron chi connectivity index (χ3n) is 2.06. The molecule has 0 aromatic heterocycles. The van der Waals surface area contributed by atoms with Crippen molar-refractivity contribution in [1.82, 2.24) is 0 Å². The number of allylic oxidation sites excluding steroid dienone is 1. The monoisotopic (exact) mass is 284 g/mol. The van der Waals surface area contributed by atoms with Gasteiger partial charge in [-0.25, -0.2) is 4.79 Å². The van der Waals surface area contributed by atoms with Crippen molar-refractivity contribution in [3.05, 3.63) is 35.4 Å². The Bertz CT molecular complexity index is 399. The molecule has 0 spiro atoms. The Morgan fingerprint density at radius 2 is 2.31 bits per heavy atom. The first-order valence-electron chi connectivity index (χ1n) is 4.83. The van der Waals surface area contributed by atoms with Crippen molar-refractivity contribution in [2.24, 2.45) is 0 Å². The fourth-order valence-electron chi connectivity index (χ4n) is 1.27. The lowest BCUT2D eigenvalue weighted by molar-refractivity contribution is 0.0696. The van der Waals surface area contributed by atoms with Crippen LogP contribution in [0.25, 0.3) is 6.08 Å². The van der Waals surface area contributed by atoms with Gasteiger partial charge in [-0.15, -0.1) is 0 Å². The number of carbonyl (C=O) groups is 1. The van der Waals surface area contributed by atoms with E-state index >= 15 is 0 Å². The Morgan fingerprint density at radius 1 is 1.56 bits per heavy atom. The summed E-state index contributed by atoms with van der Waals surface area (Å²) in [5.74, 6) is -0.273. The van der Waals surface area contributed by atoms with Crippen LogP contribution in [0.2, 0.25) is 0 Å². The second-order valence-electron chi connectivity index (χ2n) is 3.14. The number of carboxylic acids is 1. The molecule has 1 N–H and O–H groups in total. The van der Waals surface area contributed by atoms with Crippen molar-refractivity contribution >= 4 is 28.0 Å². The van der Waals surface area contributed by atoms with Crippen molar-refractivity contribution < 1.29 is 14.6 Å². The summed E-state index contributed by atoms with van der Waals surface area (Å²) in [7, 11) is 1.56. The summed E-state index contributed by atoms with van der Waals surface area (Å²) in [6, 6.07) is 4.91. The van der Waals surface area contributed by atoms with Crippen molar-refractivity contribution in [3.8, 4) is 5.75 Å². The van der Waals surface area contributed by atoms with Crippen LogP contribution < -0.4 is 4.74 Å². The van der Waals surface area contributed by atoms with Gasteiger partial charge in [-0.1, -0.05) is 28.1 Å². The normalized spacial score (nSPS) is 10.6. The van der Waals surface area contributed by atoms with Crippen LogP contribution >= 0.6 is 15.9 Å².